The predicted octanol–water partition coefficient (Wildman–Crippen LogP) is 4.79. The first-order chi connectivity index (χ1) is 12.4. The molecule has 4 aliphatic rings. The first-order valence-electron chi connectivity index (χ1n) is 10.5. The Kier molecular flexibility index (Phi) is 3.60. The fourth-order valence-electron chi connectivity index (χ4n) is 7.70. The zero-order valence-corrected chi connectivity index (χ0v) is 16.1. The summed E-state index contributed by atoms with van der Waals surface area (Å²) in [5, 5.41) is 21.8. The summed E-state index contributed by atoms with van der Waals surface area (Å²) in [4.78, 5) is 0. The van der Waals surface area contributed by atoms with Crippen LogP contribution in [0.15, 0.2) is 34.7 Å². The van der Waals surface area contributed by atoms with Gasteiger partial charge in [-0.2, -0.15) is 0 Å². The van der Waals surface area contributed by atoms with Gasteiger partial charge in [0.15, 0.2) is 0 Å². The van der Waals surface area contributed by atoms with Gasteiger partial charge in [0.25, 0.3) is 0 Å². The summed E-state index contributed by atoms with van der Waals surface area (Å²) in [5.74, 6) is 2.00. The Morgan fingerprint density at radius 1 is 1.04 bits per heavy atom. The lowest BCUT2D eigenvalue weighted by Gasteiger charge is -2.59. The molecule has 0 bridgehead atoms. The Bertz CT molecular complexity index is 722. The molecule has 2 N–H and O–H groups in total. The Hall–Kier alpha value is -1.06. The molecule has 0 aromatic carbocycles. The normalized spacial score (nSPS) is 50.5. The zero-order valence-electron chi connectivity index (χ0n) is 16.1. The maximum absolute atomic E-state index is 11.7. The molecular formula is C23H32O3. The van der Waals surface area contributed by atoms with E-state index in [4.69, 9.17) is 4.42 Å². The molecule has 3 heteroatoms. The van der Waals surface area contributed by atoms with Crippen molar-refractivity contribution in [1.29, 1.82) is 0 Å². The minimum absolute atomic E-state index is 0.0518. The molecule has 26 heavy (non-hydrogen) atoms. The van der Waals surface area contributed by atoms with Crippen molar-refractivity contribution in [2.45, 2.75) is 76.9 Å². The molecule has 0 spiro atoms. The number of aliphatic hydroxyl groups excluding tert-OH is 1. The van der Waals surface area contributed by atoms with Gasteiger partial charge in [0, 0.05) is 11.0 Å². The third-order valence-corrected chi connectivity index (χ3v) is 9.24. The summed E-state index contributed by atoms with van der Waals surface area (Å²) in [6.07, 6.45) is 14.0. The van der Waals surface area contributed by atoms with Crippen molar-refractivity contribution in [3.8, 4) is 0 Å². The van der Waals surface area contributed by atoms with Crippen LogP contribution in [0.1, 0.15) is 70.8 Å². The molecular weight excluding hydrogens is 324 g/mol. The topological polar surface area (TPSA) is 53.6 Å². The molecule has 7 atom stereocenters. The van der Waals surface area contributed by atoms with Crippen molar-refractivity contribution in [1.82, 2.24) is 0 Å². The lowest BCUT2D eigenvalue weighted by Crippen LogP contribution is -2.53. The second-order valence-corrected chi connectivity index (χ2v) is 10.00. The molecule has 0 amide bonds. The van der Waals surface area contributed by atoms with E-state index in [1.165, 1.54) is 18.4 Å². The Labute approximate surface area is 156 Å². The molecule has 1 aromatic heterocycles. The quantitative estimate of drug-likeness (QED) is 0.711. The Morgan fingerprint density at radius 3 is 2.62 bits per heavy atom. The van der Waals surface area contributed by atoms with Crippen LogP contribution in [0.4, 0.5) is 0 Å². The van der Waals surface area contributed by atoms with Gasteiger partial charge >= 0.3 is 0 Å². The standard InChI is InChI=1S/C23H32O3/c1-21-9-5-17(24)13-15(21)3-4-18-19(21)6-10-22(2)20(18)7-11-23(22,25)16-8-12-26-14-16/h8,12-14,17-20,24-25H,3-7,9-11H2,1-2H3/t17?,18-,19-,20+,21+,22+,23?/m1/s1. The van der Waals surface area contributed by atoms with E-state index in [2.05, 4.69) is 19.9 Å². The van der Waals surface area contributed by atoms with Crippen molar-refractivity contribution in [3.05, 3.63) is 35.8 Å². The summed E-state index contributed by atoms with van der Waals surface area (Å²) in [6, 6.07) is 1.96. The van der Waals surface area contributed by atoms with Gasteiger partial charge in [-0.3, -0.25) is 0 Å². The number of hydrogen-bond acceptors (Lipinski definition) is 3. The molecule has 5 rings (SSSR count). The zero-order chi connectivity index (χ0) is 18.2. The van der Waals surface area contributed by atoms with E-state index in [9.17, 15) is 10.2 Å². The summed E-state index contributed by atoms with van der Waals surface area (Å²) >= 11 is 0. The van der Waals surface area contributed by atoms with Crippen LogP contribution in [0, 0.1) is 28.6 Å². The number of furan rings is 1. The van der Waals surface area contributed by atoms with Gasteiger partial charge in [-0.15, -0.1) is 0 Å². The van der Waals surface area contributed by atoms with Crippen LogP contribution in [0.5, 0.6) is 0 Å². The molecule has 142 valence electrons. The Morgan fingerprint density at radius 2 is 1.85 bits per heavy atom. The number of fused-ring (bicyclic) bond motifs is 5. The van der Waals surface area contributed by atoms with Crippen molar-refractivity contribution in [2.24, 2.45) is 28.6 Å². The second kappa shape index (κ2) is 5.48. The van der Waals surface area contributed by atoms with Gasteiger partial charge in [-0.1, -0.05) is 25.5 Å². The molecule has 0 aliphatic heterocycles. The van der Waals surface area contributed by atoms with E-state index in [1.54, 1.807) is 12.5 Å². The molecule has 3 fully saturated rings. The monoisotopic (exact) mass is 356 g/mol. The van der Waals surface area contributed by atoms with Gasteiger partial charge in [-0.25, -0.2) is 0 Å². The van der Waals surface area contributed by atoms with E-state index >= 15 is 0 Å². The molecule has 3 nitrogen and oxygen atoms in total. The first-order valence-corrected chi connectivity index (χ1v) is 10.5. The van der Waals surface area contributed by atoms with Crippen LogP contribution in [0.3, 0.4) is 0 Å². The average molecular weight is 357 g/mol. The Balaban J connectivity index is 1.50. The van der Waals surface area contributed by atoms with Crippen LogP contribution < -0.4 is 0 Å². The highest BCUT2D eigenvalue weighted by atomic mass is 16.3. The molecule has 1 heterocycles. The molecule has 4 aliphatic carbocycles. The number of aliphatic hydroxyl groups is 2. The molecule has 3 saturated carbocycles. The third kappa shape index (κ3) is 2.02. The molecule has 0 saturated heterocycles. The van der Waals surface area contributed by atoms with Crippen LogP contribution in [-0.4, -0.2) is 16.3 Å². The van der Waals surface area contributed by atoms with Crippen LogP contribution in [0.25, 0.3) is 0 Å². The summed E-state index contributed by atoms with van der Waals surface area (Å²) in [6.45, 7) is 4.80. The number of allylic oxidation sites excluding steroid dienone is 1. The summed E-state index contributed by atoms with van der Waals surface area (Å²) in [7, 11) is 0. The van der Waals surface area contributed by atoms with Crippen LogP contribution in [0.2, 0.25) is 0 Å². The van der Waals surface area contributed by atoms with Gasteiger partial charge in [-0.05, 0) is 80.6 Å². The minimum Gasteiger partial charge on any atom is -0.472 e. The third-order valence-electron chi connectivity index (χ3n) is 9.24. The van der Waals surface area contributed by atoms with Crippen molar-refractivity contribution >= 4 is 0 Å². The predicted molar refractivity (Wildman–Crippen MR) is 100 cm³/mol. The molecule has 2 unspecified atom stereocenters. The number of hydrogen-bond donors (Lipinski definition) is 2. The average Bonchev–Trinajstić information content (AvgIpc) is 3.24. The van der Waals surface area contributed by atoms with Gasteiger partial charge in [0.05, 0.1) is 24.2 Å². The fraction of sp³-hybridized carbons (Fsp3) is 0.739. The minimum atomic E-state index is -0.741. The van der Waals surface area contributed by atoms with E-state index < -0.39 is 5.60 Å². The van der Waals surface area contributed by atoms with Crippen molar-refractivity contribution in [2.75, 3.05) is 0 Å². The lowest BCUT2D eigenvalue weighted by molar-refractivity contribution is -0.132. The smallest absolute Gasteiger partial charge is 0.0983 e. The van der Waals surface area contributed by atoms with Gasteiger partial charge in [0.1, 0.15) is 0 Å². The lowest BCUT2D eigenvalue weighted by atomic mass is 9.46. The first kappa shape index (κ1) is 17.1. The summed E-state index contributed by atoms with van der Waals surface area (Å²) in [5.41, 5.74) is 1.97. The second-order valence-electron chi connectivity index (χ2n) is 10.00. The maximum atomic E-state index is 11.7. The largest absolute Gasteiger partial charge is 0.472 e. The van der Waals surface area contributed by atoms with Crippen molar-refractivity contribution < 1.29 is 14.6 Å². The molecule has 0 radical (unpaired) electrons. The van der Waals surface area contributed by atoms with Crippen LogP contribution >= 0.6 is 0 Å². The SMILES string of the molecule is C[C@]12CCC(O)C=C1CC[C@@H]1[C@H]2CC[C@@]2(C)[C@H]1CCC2(O)c1ccoc1. The number of rotatable bonds is 1. The highest BCUT2D eigenvalue weighted by molar-refractivity contribution is 5.29. The van der Waals surface area contributed by atoms with Gasteiger partial charge in [0.2, 0.25) is 0 Å². The molecule has 1 aromatic rings. The summed E-state index contributed by atoms with van der Waals surface area (Å²) < 4.78 is 5.33. The fourth-order valence-corrected chi connectivity index (χ4v) is 7.70. The van der Waals surface area contributed by atoms with Gasteiger partial charge < -0.3 is 14.6 Å². The van der Waals surface area contributed by atoms with E-state index in [-0.39, 0.29) is 16.9 Å². The van der Waals surface area contributed by atoms with E-state index in [1.807, 2.05) is 6.07 Å². The van der Waals surface area contributed by atoms with E-state index in [0.29, 0.717) is 17.8 Å². The maximum Gasteiger partial charge on any atom is 0.0983 e. The highest BCUT2D eigenvalue weighted by Crippen LogP contribution is 2.69. The van der Waals surface area contributed by atoms with Crippen molar-refractivity contribution in [3.63, 3.8) is 0 Å². The van der Waals surface area contributed by atoms with E-state index in [0.717, 1.165) is 44.1 Å². The van der Waals surface area contributed by atoms with Crippen LogP contribution in [-0.2, 0) is 5.60 Å². The highest BCUT2D eigenvalue weighted by Gasteiger charge is 2.64.